The number of rotatable bonds is 7. The van der Waals surface area contributed by atoms with Crippen LogP contribution in [0.2, 0.25) is 0 Å². The molecule has 5 aromatic rings. The van der Waals surface area contributed by atoms with E-state index in [1.807, 2.05) is 35.3 Å². The molecule has 43 heavy (non-hydrogen) atoms. The summed E-state index contributed by atoms with van der Waals surface area (Å²) in [4.78, 5) is 32.8. The van der Waals surface area contributed by atoms with Gasteiger partial charge in [0.2, 0.25) is 5.78 Å². The van der Waals surface area contributed by atoms with Gasteiger partial charge in [-0.3, -0.25) is 14.3 Å². The number of carbonyl (C=O) groups is 2. The number of thiophene rings is 1. The van der Waals surface area contributed by atoms with Crippen molar-refractivity contribution in [2.45, 2.75) is 39.3 Å². The maximum atomic E-state index is 13.5. The zero-order chi connectivity index (χ0) is 29.2. The molecule has 5 heterocycles. The van der Waals surface area contributed by atoms with Crippen LogP contribution in [0.5, 0.6) is 0 Å². The average molecular weight is 593 g/mol. The lowest BCUT2D eigenvalue weighted by Gasteiger charge is -2.34. The van der Waals surface area contributed by atoms with Crippen LogP contribution in [0, 0.1) is 0 Å². The van der Waals surface area contributed by atoms with Crippen LogP contribution in [0.4, 0.5) is 0 Å². The molecule has 3 aromatic heterocycles. The summed E-state index contributed by atoms with van der Waals surface area (Å²) in [5.74, 6) is 0.0376. The fourth-order valence-electron chi connectivity index (χ4n) is 7.62. The molecule has 0 bridgehead atoms. The number of benzene rings is 2. The third-order valence-electron chi connectivity index (χ3n) is 9.72. The average Bonchev–Trinajstić information content (AvgIpc) is 3.82. The van der Waals surface area contributed by atoms with E-state index >= 15 is 0 Å². The van der Waals surface area contributed by atoms with Gasteiger partial charge in [0.15, 0.2) is 0 Å². The summed E-state index contributed by atoms with van der Waals surface area (Å²) < 4.78 is 4.37. The molecule has 220 valence electrons. The predicted molar refractivity (Wildman–Crippen MR) is 171 cm³/mol. The number of aromatic nitrogens is 3. The highest BCUT2D eigenvalue weighted by Gasteiger charge is 2.35. The van der Waals surface area contributed by atoms with Crippen LogP contribution in [0.1, 0.15) is 55.8 Å². The topological polar surface area (TPSA) is 75.4 Å². The zero-order valence-corrected chi connectivity index (χ0v) is 25.6. The number of ketones is 1. The van der Waals surface area contributed by atoms with Crippen molar-refractivity contribution < 1.29 is 9.59 Å². The van der Waals surface area contributed by atoms with Gasteiger partial charge < -0.3 is 19.7 Å². The molecule has 1 N–H and O–H groups in total. The minimum absolute atomic E-state index is 0.0113. The molecule has 1 amide bonds. The van der Waals surface area contributed by atoms with Crippen LogP contribution in [0.3, 0.4) is 0 Å². The number of nitrogens with one attached hydrogen (secondary N) is 1. The van der Waals surface area contributed by atoms with E-state index in [0.717, 1.165) is 114 Å². The molecule has 1 saturated heterocycles. The summed E-state index contributed by atoms with van der Waals surface area (Å²) in [7, 11) is 1.96. The second kappa shape index (κ2) is 10.4. The van der Waals surface area contributed by atoms with E-state index in [2.05, 4.69) is 44.9 Å². The minimum atomic E-state index is -0.0113. The smallest absolute Gasteiger partial charge is 0.252 e. The van der Waals surface area contributed by atoms with Crippen LogP contribution >= 0.6 is 11.3 Å². The normalized spacial score (nSPS) is 16.9. The number of nitrogens with zero attached hydrogens (tertiary/aromatic N) is 5. The van der Waals surface area contributed by atoms with Gasteiger partial charge in [0.05, 0.1) is 21.7 Å². The van der Waals surface area contributed by atoms with E-state index in [0.29, 0.717) is 12.1 Å². The summed E-state index contributed by atoms with van der Waals surface area (Å²) in [6, 6.07) is 10.0. The molecular formula is C34H36N6O2S. The standard InChI is InChI=1S/C34H36N6O2S/c1-3-38-13-15-39(16-14-38)11-5-12-40-27-10-7-21(33(41)28-6-4-17-43-28)18-23(27)30-24-19-35-34(42)31(24)29-22(32(30)40)8-9-26-25(29)20-37(2)36-26/h4,6-7,10,17-18,20H,3,5,8-9,11-16,19H2,1-2H3,(H,35,42). The maximum Gasteiger partial charge on any atom is 0.252 e. The van der Waals surface area contributed by atoms with E-state index in [-0.39, 0.29) is 11.7 Å². The number of hydrogen-bond donors (Lipinski definition) is 1. The Labute approximate surface area is 254 Å². The molecule has 0 radical (unpaired) electrons. The van der Waals surface area contributed by atoms with Crippen molar-refractivity contribution in [2.75, 3.05) is 39.3 Å². The highest BCUT2D eigenvalue weighted by atomic mass is 32.1. The van der Waals surface area contributed by atoms with Crippen molar-refractivity contribution in [1.82, 2.24) is 29.5 Å². The van der Waals surface area contributed by atoms with Gasteiger partial charge >= 0.3 is 0 Å². The number of hydrogen-bond acceptors (Lipinski definition) is 6. The summed E-state index contributed by atoms with van der Waals surface area (Å²) >= 11 is 1.48. The lowest BCUT2D eigenvalue weighted by atomic mass is 9.82. The Morgan fingerprint density at radius 3 is 2.65 bits per heavy atom. The summed E-state index contributed by atoms with van der Waals surface area (Å²) in [6.45, 7) is 10.3. The summed E-state index contributed by atoms with van der Waals surface area (Å²) in [6.07, 6.45) is 4.81. The Morgan fingerprint density at radius 2 is 1.86 bits per heavy atom. The number of likely N-dealkylation sites (N-methyl/N-ethyl adjacent to an activating group) is 1. The molecule has 1 fully saturated rings. The number of aryl methyl sites for hydroxylation is 4. The molecule has 0 unspecified atom stereocenters. The van der Waals surface area contributed by atoms with Gasteiger partial charge in [-0.25, -0.2) is 0 Å². The molecule has 9 heteroatoms. The van der Waals surface area contributed by atoms with Gasteiger partial charge in [-0.15, -0.1) is 11.3 Å². The van der Waals surface area contributed by atoms with Gasteiger partial charge in [0.1, 0.15) is 0 Å². The van der Waals surface area contributed by atoms with Crippen molar-refractivity contribution in [3.8, 4) is 11.1 Å². The van der Waals surface area contributed by atoms with E-state index in [1.54, 1.807) is 0 Å². The molecule has 0 saturated carbocycles. The van der Waals surface area contributed by atoms with E-state index in [1.165, 1.54) is 22.4 Å². The van der Waals surface area contributed by atoms with Crippen molar-refractivity contribution in [1.29, 1.82) is 0 Å². The Kier molecular flexibility index (Phi) is 6.50. The summed E-state index contributed by atoms with van der Waals surface area (Å²) in [5.41, 5.74) is 9.35. The van der Waals surface area contributed by atoms with E-state index < -0.39 is 0 Å². The van der Waals surface area contributed by atoms with Gasteiger partial charge in [-0.05, 0) is 73.1 Å². The number of carbonyl (C=O) groups excluding carboxylic acids is 2. The highest BCUT2D eigenvalue weighted by molar-refractivity contribution is 7.12. The molecule has 2 aliphatic heterocycles. The molecule has 0 atom stereocenters. The predicted octanol–water partition coefficient (Wildman–Crippen LogP) is 4.86. The van der Waals surface area contributed by atoms with Gasteiger partial charge in [0, 0.05) is 85.5 Å². The van der Waals surface area contributed by atoms with Crippen LogP contribution in [0.25, 0.3) is 32.9 Å². The van der Waals surface area contributed by atoms with E-state index in [9.17, 15) is 9.59 Å². The molecule has 8 rings (SSSR count). The summed E-state index contributed by atoms with van der Waals surface area (Å²) in [5, 5.41) is 12.0. The fraction of sp³-hybridized carbons (Fsp3) is 0.382. The lowest BCUT2D eigenvalue weighted by molar-refractivity contribution is 0.0965. The Morgan fingerprint density at radius 1 is 1.02 bits per heavy atom. The third kappa shape index (κ3) is 4.28. The number of piperazine rings is 1. The first-order valence-electron chi connectivity index (χ1n) is 15.5. The van der Waals surface area contributed by atoms with Gasteiger partial charge in [0.25, 0.3) is 5.91 Å². The van der Waals surface area contributed by atoms with Crippen molar-refractivity contribution in [3.05, 3.63) is 74.7 Å². The highest BCUT2D eigenvalue weighted by Crippen LogP contribution is 2.47. The molecule has 3 aliphatic rings. The largest absolute Gasteiger partial charge is 0.348 e. The number of fused-ring (bicyclic) bond motifs is 10. The van der Waals surface area contributed by atoms with Gasteiger partial charge in [-0.1, -0.05) is 13.0 Å². The fourth-order valence-corrected chi connectivity index (χ4v) is 8.31. The van der Waals surface area contributed by atoms with Crippen molar-refractivity contribution >= 4 is 44.8 Å². The molecule has 2 aromatic carbocycles. The number of amides is 1. The van der Waals surface area contributed by atoms with Crippen LogP contribution in [-0.2, 0) is 33.0 Å². The van der Waals surface area contributed by atoms with Crippen LogP contribution in [-0.4, -0.2) is 75.1 Å². The maximum absolute atomic E-state index is 13.5. The third-order valence-corrected chi connectivity index (χ3v) is 10.6. The first kappa shape index (κ1) is 26.8. The monoisotopic (exact) mass is 592 g/mol. The SMILES string of the molecule is CCN1CCN(CCCn2c3ccc(C(=O)c4cccs4)cc3c3c4c(c5c(c32)CCc2nn(C)cc2-5)C(=O)NC4)CC1. The Hall–Kier alpha value is -3.79. The Balaban J connectivity index is 1.30. The first-order valence-corrected chi connectivity index (χ1v) is 16.4. The molecular weight excluding hydrogens is 556 g/mol. The Bertz CT molecular complexity index is 1910. The second-order valence-electron chi connectivity index (χ2n) is 12.1. The molecule has 0 spiro atoms. The van der Waals surface area contributed by atoms with Crippen molar-refractivity contribution in [3.63, 3.8) is 0 Å². The second-order valence-corrected chi connectivity index (χ2v) is 13.0. The van der Waals surface area contributed by atoms with Crippen LogP contribution in [0.15, 0.2) is 41.9 Å². The molecule has 8 nitrogen and oxygen atoms in total. The lowest BCUT2D eigenvalue weighted by Crippen LogP contribution is -2.46. The van der Waals surface area contributed by atoms with E-state index in [4.69, 9.17) is 5.10 Å². The first-order chi connectivity index (χ1) is 21.0. The molecule has 1 aliphatic carbocycles. The quantitative estimate of drug-likeness (QED) is 0.274. The minimum Gasteiger partial charge on any atom is -0.348 e. The zero-order valence-electron chi connectivity index (χ0n) is 24.8. The van der Waals surface area contributed by atoms with Crippen molar-refractivity contribution in [2.24, 2.45) is 7.05 Å². The van der Waals surface area contributed by atoms with Gasteiger partial charge in [-0.2, -0.15) is 5.10 Å². The van der Waals surface area contributed by atoms with Crippen LogP contribution < -0.4 is 5.32 Å².